The first-order valence-corrected chi connectivity index (χ1v) is 8.11. The minimum Gasteiger partial charge on any atom is -0.388 e. The molecule has 4 atom stereocenters. The number of aryl methyl sites for hydroxylation is 1. The van der Waals surface area contributed by atoms with Gasteiger partial charge in [-0.3, -0.25) is 4.79 Å². The van der Waals surface area contributed by atoms with E-state index in [1.165, 1.54) is 11.1 Å². The van der Waals surface area contributed by atoms with Crippen molar-refractivity contribution >= 4 is 5.91 Å². The predicted octanol–water partition coefficient (Wildman–Crippen LogP) is 2.63. The maximum atomic E-state index is 12.4. The van der Waals surface area contributed by atoms with E-state index in [0.717, 1.165) is 19.3 Å². The van der Waals surface area contributed by atoms with E-state index in [2.05, 4.69) is 29.6 Å². The Morgan fingerprint density at radius 3 is 2.95 bits per heavy atom. The van der Waals surface area contributed by atoms with Crippen molar-refractivity contribution in [2.75, 3.05) is 6.54 Å². The van der Waals surface area contributed by atoms with Gasteiger partial charge in [0.15, 0.2) is 0 Å². The van der Waals surface area contributed by atoms with Crippen molar-refractivity contribution in [3.63, 3.8) is 0 Å². The second-order valence-corrected chi connectivity index (χ2v) is 6.92. The Morgan fingerprint density at radius 2 is 2.19 bits per heavy atom. The molecule has 0 aromatic heterocycles. The van der Waals surface area contributed by atoms with Crippen LogP contribution in [0.1, 0.15) is 50.2 Å². The molecule has 4 unspecified atom stereocenters. The van der Waals surface area contributed by atoms with Gasteiger partial charge in [-0.25, -0.2) is 0 Å². The highest BCUT2D eigenvalue weighted by Crippen LogP contribution is 2.59. The van der Waals surface area contributed by atoms with Gasteiger partial charge in [0.1, 0.15) is 0 Å². The minimum absolute atomic E-state index is 0.117. The number of amides is 1. The van der Waals surface area contributed by atoms with Gasteiger partial charge in [-0.2, -0.15) is 0 Å². The molecular weight excluding hydrogens is 262 g/mol. The van der Waals surface area contributed by atoms with E-state index in [1.807, 2.05) is 6.92 Å². The predicted molar refractivity (Wildman–Crippen MR) is 83.0 cm³/mol. The lowest BCUT2D eigenvalue weighted by molar-refractivity contribution is -0.123. The Balaban J connectivity index is 1.62. The van der Waals surface area contributed by atoms with Crippen LogP contribution in [0.15, 0.2) is 24.3 Å². The van der Waals surface area contributed by atoms with Crippen LogP contribution in [0, 0.1) is 11.8 Å². The number of nitrogens with one attached hydrogen (secondary N) is 1. The fraction of sp³-hybridized carbons (Fsp3) is 0.611. The van der Waals surface area contributed by atoms with E-state index in [4.69, 9.17) is 0 Å². The van der Waals surface area contributed by atoms with Gasteiger partial charge in [-0.05, 0) is 49.1 Å². The van der Waals surface area contributed by atoms with Crippen molar-refractivity contribution in [1.29, 1.82) is 0 Å². The molecule has 3 heteroatoms. The van der Waals surface area contributed by atoms with Gasteiger partial charge in [0.25, 0.3) is 0 Å². The van der Waals surface area contributed by atoms with E-state index in [-0.39, 0.29) is 11.8 Å². The molecule has 2 aliphatic rings. The van der Waals surface area contributed by atoms with Crippen LogP contribution in [0.25, 0.3) is 0 Å². The van der Waals surface area contributed by atoms with Crippen LogP contribution in [0.5, 0.6) is 0 Å². The summed E-state index contributed by atoms with van der Waals surface area (Å²) in [7, 11) is 0. The highest BCUT2D eigenvalue weighted by Gasteiger charge is 2.56. The van der Waals surface area contributed by atoms with Gasteiger partial charge in [-0.1, -0.05) is 37.6 Å². The molecule has 21 heavy (non-hydrogen) atoms. The molecule has 2 N–H and O–H groups in total. The largest absolute Gasteiger partial charge is 0.388 e. The summed E-state index contributed by atoms with van der Waals surface area (Å²) in [6.07, 6.45) is 3.85. The molecule has 114 valence electrons. The van der Waals surface area contributed by atoms with Crippen molar-refractivity contribution in [2.24, 2.45) is 11.8 Å². The Bertz CT molecular complexity index is 538. The third-order valence-corrected chi connectivity index (χ3v) is 5.06. The average molecular weight is 287 g/mol. The average Bonchev–Trinajstić information content (AvgIpc) is 3.20. The lowest BCUT2D eigenvalue weighted by Gasteiger charge is -2.23. The molecule has 0 aliphatic heterocycles. The summed E-state index contributed by atoms with van der Waals surface area (Å²) in [4.78, 5) is 12.4. The van der Waals surface area contributed by atoms with Crippen molar-refractivity contribution in [3.8, 4) is 0 Å². The monoisotopic (exact) mass is 287 g/mol. The second kappa shape index (κ2) is 5.45. The van der Waals surface area contributed by atoms with Crippen LogP contribution in [0.4, 0.5) is 0 Å². The summed E-state index contributed by atoms with van der Waals surface area (Å²) in [5, 5.41) is 13.1. The minimum atomic E-state index is -0.789. The number of benzene rings is 1. The molecule has 1 amide bonds. The smallest absolute Gasteiger partial charge is 0.224 e. The number of aliphatic hydroxyl groups is 1. The van der Waals surface area contributed by atoms with Gasteiger partial charge in [0, 0.05) is 12.5 Å². The van der Waals surface area contributed by atoms with E-state index >= 15 is 0 Å². The van der Waals surface area contributed by atoms with Gasteiger partial charge < -0.3 is 10.4 Å². The van der Waals surface area contributed by atoms with Crippen LogP contribution < -0.4 is 5.32 Å². The maximum Gasteiger partial charge on any atom is 0.224 e. The SMILES string of the molecule is CCCC(C)(O)CNC(=O)C1C2CCc3ccccc3C21. The summed E-state index contributed by atoms with van der Waals surface area (Å²) in [6.45, 7) is 4.20. The Labute approximate surface area is 126 Å². The summed E-state index contributed by atoms with van der Waals surface area (Å²) >= 11 is 0. The summed E-state index contributed by atoms with van der Waals surface area (Å²) in [5.74, 6) is 1.16. The number of carbonyl (C=O) groups is 1. The summed E-state index contributed by atoms with van der Waals surface area (Å²) < 4.78 is 0. The van der Waals surface area contributed by atoms with Crippen LogP contribution in [0.2, 0.25) is 0 Å². The molecule has 1 aromatic carbocycles. The molecule has 3 rings (SSSR count). The number of fused-ring (bicyclic) bond motifs is 3. The zero-order chi connectivity index (χ0) is 15.0. The van der Waals surface area contributed by atoms with E-state index < -0.39 is 5.60 Å². The van der Waals surface area contributed by atoms with Crippen LogP contribution in [-0.2, 0) is 11.2 Å². The molecule has 1 fully saturated rings. The van der Waals surface area contributed by atoms with Gasteiger partial charge in [0.05, 0.1) is 5.60 Å². The Morgan fingerprint density at radius 1 is 1.43 bits per heavy atom. The summed E-state index contributed by atoms with van der Waals surface area (Å²) in [5.41, 5.74) is 1.99. The van der Waals surface area contributed by atoms with E-state index in [1.54, 1.807) is 6.92 Å². The highest BCUT2D eigenvalue weighted by atomic mass is 16.3. The van der Waals surface area contributed by atoms with Gasteiger partial charge in [0.2, 0.25) is 5.91 Å². The number of hydrogen-bond acceptors (Lipinski definition) is 2. The molecular formula is C18H25NO2. The molecule has 3 nitrogen and oxygen atoms in total. The van der Waals surface area contributed by atoms with E-state index in [9.17, 15) is 9.90 Å². The van der Waals surface area contributed by atoms with Crippen LogP contribution in [-0.4, -0.2) is 23.2 Å². The lowest BCUT2D eigenvalue weighted by Crippen LogP contribution is -2.41. The first-order valence-electron chi connectivity index (χ1n) is 8.11. The van der Waals surface area contributed by atoms with Crippen LogP contribution >= 0.6 is 0 Å². The quantitative estimate of drug-likeness (QED) is 0.874. The Kier molecular flexibility index (Phi) is 3.78. The number of carbonyl (C=O) groups excluding carboxylic acids is 1. The normalized spacial score (nSPS) is 29.0. The summed E-state index contributed by atoms with van der Waals surface area (Å²) in [6, 6.07) is 8.51. The Hall–Kier alpha value is -1.35. The molecule has 0 saturated heterocycles. The third kappa shape index (κ3) is 2.84. The van der Waals surface area contributed by atoms with Crippen LogP contribution in [0.3, 0.4) is 0 Å². The standard InChI is InChI=1S/C18H25NO2/c1-3-10-18(2,21)11-19-17(20)16-14-9-8-12-6-4-5-7-13(12)15(14)16/h4-7,14-16,21H,3,8-11H2,1-2H3,(H,19,20). The fourth-order valence-corrected chi connectivity index (χ4v) is 3.95. The third-order valence-electron chi connectivity index (χ3n) is 5.06. The van der Waals surface area contributed by atoms with Crippen molar-refractivity contribution < 1.29 is 9.90 Å². The number of rotatable bonds is 5. The van der Waals surface area contributed by atoms with Crippen molar-refractivity contribution in [1.82, 2.24) is 5.32 Å². The second-order valence-electron chi connectivity index (χ2n) is 6.92. The number of hydrogen-bond donors (Lipinski definition) is 2. The zero-order valence-corrected chi connectivity index (χ0v) is 12.9. The van der Waals surface area contributed by atoms with Gasteiger partial charge in [-0.15, -0.1) is 0 Å². The van der Waals surface area contributed by atoms with E-state index in [0.29, 0.717) is 24.8 Å². The molecule has 0 bridgehead atoms. The molecule has 2 aliphatic carbocycles. The molecule has 0 radical (unpaired) electrons. The molecule has 1 aromatic rings. The van der Waals surface area contributed by atoms with Crippen molar-refractivity contribution in [3.05, 3.63) is 35.4 Å². The molecule has 0 heterocycles. The lowest BCUT2D eigenvalue weighted by atomic mass is 9.92. The topological polar surface area (TPSA) is 49.3 Å². The maximum absolute atomic E-state index is 12.4. The van der Waals surface area contributed by atoms with Crippen molar-refractivity contribution in [2.45, 2.75) is 51.0 Å². The molecule has 1 saturated carbocycles. The zero-order valence-electron chi connectivity index (χ0n) is 12.9. The molecule has 0 spiro atoms. The highest BCUT2D eigenvalue weighted by molar-refractivity contribution is 5.84. The van der Waals surface area contributed by atoms with Gasteiger partial charge >= 0.3 is 0 Å². The fourth-order valence-electron chi connectivity index (χ4n) is 3.95. The first kappa shape index (κ1) is 14.6. The first-order chi connectivity index (χ1) is 10.0.